The van der Waals surface area contributed by atoms with Crippen LogP contribution in [-0.4, -0.2) is 12.0 Å². The van der Waals surface area contributed by atoms with Crippen molar-refractivity contribution in [2.45, 2.75) is 0 Å². The van der Waals surface area contributed by atoms with E-state index in [1.807, 2.05) is 42.5 Å². The summed E-state index contributed by atoms with van der Waals surface area (Å²) < 4.78 is 5.18. The lowest BCUT2D eigenvalue weighted by atomic mass is 10.1. The van der Waals surface area contributed by atoms with Gasteiger partial charge >= 0.3 is 0 Å². The van der Waals surface area contributed by atoms with Crippen LogP contribution in [0.25, 0.3) is 10.8 Å². The number of methoxy groups -OCH3 is 1. The Morgan fingerprint density at radius 1 is 0.957 bits per heavy atom. The van der Waals surface area contributed by atoms with Crippen LogP contribution in [0.5, 0.6) is 5.75 Å². The maximum atomic E-state index is 10.9. The molecule has 3 rings (SSSR count). The molecule has 0 saturated carbocycles. The lowest BCUT2D eigenvalue weighted by Gasteiger charge is -2.04. The molecule has 6 heteroatoms. The van der Waals surface area contributed by atoms with E-state index in [1.54, 1.807) is 0 Å². The maximum absolute atomic E-state index is 10.9. The fourth-order valence-corrected chi connectivity index (χ4v) is 2.27. The van der Waals surface area contributed by atoms with Crippen molar-refractivity contribution in [2.24, 2.45) is 10.2 Å². The normalized spacial score (nSPS) is 11.0. The summed E-state index contributed by atoms with van der Waals surface area (Å²) in [5, 5.41) is 21.3. The number of benzene rings is 3. The fraction of sp³-hybridized carbons (Fsp3) is 0.0588. The van der Waals surface area contributed by atoms with E-state index in [4.69, 9.17) is 4.74 Å². The molecule has 3 aromatic rings. The van der Waals surface area contributed by atoms with Crippen LogP contribution in [0.1, 0.15) is 0 Å². The van der Waals surface area contributed by atoms with E-state index >= 15 is 0 Å². The fourth-order valence-electron chi connectivity index (χ4n) is 2.27. The molecule has 0 saturated heterocycles. The van der Waals surface area contributed by atoms with Gasteiger partial charge in [-0.15, -0.1) is 10.2 Å². The summed E-state index contributed by atoms with van der Waals surface area (Å²) in [6.45, 7) is 0. The zero-order chi connectivity index (χ0) is 16.2. The third-order valence-corrected chi connectivity index (χ3v) is 3.41. The third-order valence-electron chi connectivity index (χ3n) is 3.41. The number of ether oxygens (including phenoxy) is 1. The molecule has 0 unspecified atom stereocenters. The first kappa shape index (κ1) is 14.6. The van der Waals surface area contributed by atoms with Crippen LogP contribution in [0.2, 0.25) is 0 Å². The molecule has 114 valence electrons. The quantitative estimate of drug-likeness (QED) is 0.379. The number of nitrogens with zero attached hydrogens (tertiary/aromatic N) is 3. The van der Waals surface area contributed by atoms with Crippen molar-refractivity contribution >= 4 is 27.8 Å². The van der Waals surface area contributed by atoms with Gasteiger partial charge in [-0.3, -0.25) is 10.1 Å². The van der Waals surface area contributed by atoms with Crippen molar-refractivity contribution in [1.82, 2.24) is 0 Å². The van der Waals surface area contributed by atoms with Crippen molar-refractivity contribution in [3.63, 3.8) is 0 Å². The molecule has 0 fully saturated rings. The van der Waals surface area contributed by atoms with Crippen molar-refractivity contribution < 1.29 is 9.66 Å². The topological polar surface area (TPSA) is 77.1 Å². The van der Waals surface area contributed by atoms with Crippen LogP contribution >= 0.6 is 0 Å². The summed E-state index contributed by atoms with van der Waals surface area (Å²) in [5.41, 5.74) is 0.948. The van der Waals surface area contributed by atoms with E-state index in [2.05, 4.69) is 10.2 Å². The van der Waals surface area contributed by atoms with Crippen molar-refractivity contribution in [3.8, 4) is 5.75 Å². The highest BCUT2D eigenvalue weighted by Crippen LogP contribution is 2.34. The number of hydrogen-bond acceptors (Lipinski definition) is 5. The predicted molar refractivity (Wildman–Crippen MR) is 87.8 cm³/mol. The van der Waals surface area contributed by atoms with Gasteiger partial charge in [0.2, 0.25) is 0 Å². The zero-order valence-corrected chi connectivity index (χ0v) is 12.3. The Bertz CT molecular complexity index is 901. The molecule has 0 bridgehead atoms. The molecule has 23 heavy (non-hydrogen) atoms. The van der Waals surface area contributed by atoms with Gasteiger partial charge in [-0.25, -0.2) is 0 Å². The molecule has 6 nitrogen and oxygen atoms in total. The molecule has 0 aromatic heterocycles. The lowest BCUT2D eigenvalue weighted by Crippen LogP contribution is -1.89. The largest absolute Gasteiger partial charge is 0.494 e. The summed E-state index contributed by atoms with van der Waals surface area (Å²) in [7, 11) is 1.48. The number of rotatable bonds is 4. The Morgan fingerprint density at radius 2 is 1.70 bits per heavy atom. The molecule has 0 aliphatic rings. The number of azo groups is 1. The molecule has 0 amide bonds. The van der Waals surface area contributed by atoms with Gasteiger partial charge in [0.15, 0.2) is 0 Å². The second kappa shape index (κ2) is 6.23. The number of nitro benzene ring substituents is 1. The van der Waals surface area contributed by atoms with E-state index in [0.717, 1.165) is 10.8 Å². The minimum Gasteiger partial charge on any atom is -0.494 e. The Labute approximate surface area is 132 Å². The third kappa shape index (κ3) is 3.01. The highest BCUT2D eigenvalue weighted by atomic mass is 16.6. The second-order valence-electron chi connectivity index (χ2n) is 4.81. The minimum absolute atomic E-state index is 0.0577. The van der Waals surface area contributed by atoms with Crippen LogP contribution in [0.3, 0.4) is 0 Å². The molecular formula is C17H13N3O3. The Kier molecular flexibility index (Phi) is 3.97. The molecule has 0 radical (unpaired) electrons. The first-order valence-corrected chi connectivity index (χ1v) is 6.91. The first-order chi connectivity index (χ1) is 11.2. The van der Waals surface area contributed by atoms with Crippen molar-refractivity contribution in [3.05, 3.63) is 70.8 Å². The number of nitro groups is 1. The molecule has 0 heterocycles. The molecular weight excluding hydrogens is 294 g/mol. The Hall–Kier alpha value is -3.28. The summed E-state index contributed by atoms with van der Waals surface area (Å²) in [4.78, 5) is 10.4. The van der Waals surface area contributed by atoms with E-state index in [-0.39, 0.29) is 5.69 Å². The molecule has 0 aliphatic carbocycles. The molecule has 3 aromatic carbocycles. The van der Waals surface area contributed by atoms with Gasteiger partial charge in [-0.2, -0.15) is 0 Å². The first-order valence-electron chi connectivity index (χ1n) is 6.91. The highest BCUT2D eigenvalue weighted by Gasteiger charge is 2.11. The smallest absolute Gasteiger partial charge is 0.271 e. The number of non-ortho nitro benzene ring substituents is 1. The van der Waals surface area contributed by atoms with Crippen molar-refractivity contribution in [1.29, 1.82) is 0 Å². The minimum atomic E-state index is -0.476. The molecule has 0 N–H and O–H groups in total. The lowest BCUT2D eigenvalue weighted by molar-refractivity contribution is -0.384. The zero-order valence-electron chi connectivity index (χ0n) is 12.3. The van der Waals surface area contributed by atoms with Gasteiger partial charge in [-0.05, 0) is 17.5 Å². The van der Waals surface area contributed by atoms with Gasteiger partial charge in [0.05, 0.1) is 17.7 Å². The van der Waals surface area contributed by atoms with Crippen LogP contribution in [-0.2, 0) is 0 Å². The molecule has 0 aliphatic heterocycles. The number of hydrogen-bond donors (Lipinski definition) is 0. The van der Waals surface area contributed by atoms with Gasteiger partial charge in [0.1, 0.15) is 11.4 Å². The van der Waals surface area contributed by atoms with Crippen LogP contribution in [0, 0.1) is 10.1 Å². The SMILES string of the molecule is COc1ccc([N+](=O)[O-])cc1N=Nc1cccc2ccccc12. The summed E-state index contributed by atoms with van der Waals surface area (Å²) in [6.07, 6.45) is 0. The van der Waals surface area contributed by atoms with Crippen LogP contribution in [0.4, 0.5) is 17.1 Å². The van der Waals surface area contributed by atoms with E-state index in [9.17, 15) is 10.1 Å². The van der Waals surface area contributed by atoms with Crippen LogP contribution in [0.15, 0.2) is 70.9 Å². The molecule has 0 spiro atoms. The van der Waals surface area contributed by atoms with Crippen LogP contribution < -0.4 is 4.74 Å². The maximum Gasteiger partial charge on any atom is 0.271 e. The Balaban J connectivity index is 2.05. The summed E-state index contributed by atoms with van der Waals surface area (Å²) in [5.74, 6) is 0.430. The van der Waals surface area contributed by atoms with E-state index < -0.39 is 4.92 Å². The monoisotopic (exact) mass is 307 g/mol. The van der Waals surface area contributed by atoms with Gasteiger partial charge in [-0.1, -0.05) is 36.4 Å². The summed E-state index contributed by atoms with van der Waals surface area (Å²) in [6, 6.07) is 17.8. The van der Waals surface area contributed by atoms with E-state index in [1.165, 1.54) is 25.3 Å². The van der Waals surface area contributed by atoms with Gasteiger partial charge in [0.25, 0.3) is 5.69 Å². The summed E-state index contributed by atoms with van der Waals surface area (Å²) >= 11 is 0. The van der Waals surface area contributed by atoms with E-state index in [0.29, 0.717) is 17.1 Å². The van der Waals surface area contributed by atoms with Gasteiger partial charge in [0, 0.05) is 17.5 Å². The average molecular weight is 307 g/mol. The number of fused-ring (bicyclic) bond motifs is 1. The molecule has 0 atom stereocenters. The standard InChI is InChI=1S/C17H13N3O3/c1-23-17-10-9-13(20(21)22)11-16(17)19-18-15-8-4-6-12-5-2-3-7-14(12)15/h2-11H,1H3. The average Bonchev–Trinajstić information content (AvgIpc) is 2.59. The second-order valence-corrected chi connectivity index (χ2v) is 4.81. The van der Waals surface area contributed by atoms with Gasteiger partial charge < -0.3 is 4.74 Å². The van der Waals surface area contributed by atoms with Crippen molar-refractivity contribution in [2.75, 3.05) is 7.11 Å². The Morgan fingerprint density at radius 3 is 2.48 bits per heavy atom. The predicted octanol–water partition coefficient (Wildman–Crippen LogP) is 5.17. The highest BCUT2D eigenvalue weighted by molar-refractivity contribution is 5.92.